The standard InChI is InChI=1S/C24H30N2O4/c1-26(2)24(28)18-12-13-22(29-3)21(16-18)25-23(27)14-11-17-7-6-10-20(15-17)30-19-8-4-5-9-19/h6-7,10,12-13,15-16,19H,4-5,8-9,11,14H2,1-3H3,(H,25,27). The summed E-state index contributed by atoms with van der Waals surface area (Å²) in [5.74, 6) is 1.12. The molecule has 0 atom stereocenters. The highest BCUT2D eigenvalue weighted by atomic mass is 16.5. The highest BCUT2D eigenvalue weighted by molar-refractivity contribution is 5.98. The van der Waals surface area contributed by atoms with E-state index in [2.05, 4.69) is 5.32 Å². The van der Waals surface area contributed by atoms with Crippen molar-refractivity contribution in [1.82, 2.24) is 4.90 Å². The summed E-state index contributed by atoms with van der Waals surface area (Å²) in [5.41, 5.74) is 2.05. The molecule has 0 bridgehead atoms. The zero-order valence-corrected chi connectivity index (χ0v) is 17.9. The number of nitrogens with one attached hydrogen (secondary N) is 1. The minimum absolute atomic E-state index is 0.132. The predicted molar refractivity (Wildman–Crippen MR) is 117 cm³/mol. The van der Waals surface area contributed by atoms with Gasteiger partial charge in [0.05, 0.1) is 18.9 Å². The number of hydrogen-bond donors (Lipinski definition) is 1. The van der Waals surface area contributed by atoms with Crippen LogP contribution in [0, 0.1) is 0 Å². The zero-order valence-electron chi connectivity index (χ0n) is 17.9. The normalized spacial score (nSPS) is 13.7. The van der Waals surface area contributed by atoms with Crippen molar-refractivity contribution in [3.05, 3.63) is 53.6 Å². The van der Waals surface area contributed by atoms with Gasteiger partial charge in [0.15, 0.2) is 0 Å². The van der Waals surface area contributed by atoms with Crippen LogP contribution in [-0.2, 0) is 11.2 Å². The van der Waals surface area contributed by atoms with E-state index in [1.165, 1.54) is 24.9 Å². The summed E-state index contributed by atoms with van der Waals surface area (Å²) in [6.45, 7) is 0. The van der Waals surface area contributed by atoms with E-state index in [0.29, 0.717) is 35.9 Å². The number of aryl methyl sites for hydroxylation is 1. The van der Waals surface area contributed by atoms with Crippen molar-refractivity contribution in [3.63, 3.8) is 0 Å². The second kappa shape index (κ2) is 10.1. The summed E-state index contributed by atoms with van der Waals surface area (Å²) < 4.78 is 11.4. The Kier molecular flexibility index (Phi) is 7.33. The maximum absolute atomic E-state index is 12.5. The maximum Gasteiger partial charge on any atom is 0.253 e. The Labute approximate surface area is 178 Å². The van der Waals surface area contributed by atoms with Crippen LogP contribution in [-0.4, -0.2) is 44.0 Å². The lowest BCUT2D eigenvalue weighted by Gasteiger charge is -2.15. The molecule has 1 fully saturated rings. The van der Waals surface area contributed by atoms with Gasteiger partial charge in [-0.2, -0.15) is 0 Å². The van der Waals surface area contributed by atoms with Gasteiger partial charge in [-0.25, -0.2) is 0 Å². The van der Waals surface area contributed by atoms with E-state index in [1.807, 2.05) is 24.3 Å². The van der Waals surface area contributed by atoms with Crippen LogP contribution in [0.1, 0.15) is 48.0 Å². The fraction of sp³-hybridized carbons (Fsp3) is 0.417. The van der Waals surface area contributed by atoms with Crippen molar-refractivity contribution in [2.45, 2.75) is 44.6 Å². The lowest BCUT2D eigenvalue weighted by molar-refractivity contribution is -0.116. The zero-order chi connectivity index (χ0) is 21.5. The van der Waals surface area contributed by atoms with Gasteiger partial charge in [-0.3, -0.25) is 9.59 Å². The average molecular weight is 411 g/mol. The molecule has 0 radical (unpaired) electrons. The number of rotatable bonds is 8. The first kappa shape index (κ1) is 21.7. The van der Waals surface area contributed by atoms with E-state index in [1.54, 1.807) is 32.3 Å². The van der Waals surface area contributed by atoms with Gasteiger partial charge in [-0.1, -0.05) is 12.1 Å². The third-order valence-corrected chi connectivity index (χ3v) is 5.27. The van der Waals surface area contributed by atoms with Crippen LogP contribution in [0.15, 0.2) is 42.5 Å². The minimum atomic E-state index is -0.134. The number of nitrogens with zero attached hydrogens (tertiary/aromatic N) is 1. The lowest BCUT2D eigenvalue weighted by atomic mass is 10.1. The number of amides is 2. The Balaban J connectivity index is 1.60. The second-order valence-corrected chi connectivity index (χ2v) is 7.83. The first-order valence-corrected chi connectivity index (χ1v) is 10.4. The number of carbonyl (C=O) groups is 2. The highest BCUT2D eigenvalue weighted by Crippen LogP contribution is 2.27. The topological polar surface area (TPSA) is 67.9 Å². The Morgan fingerprint density at radius 3 is 2.57 bits per heavy atom. The third-order valence-electron chi connectivity index (χ3n) is 5.27. The molecule has 6 nitrogen and oxygen atoms in total. The molecule has 0 saturated heterocycles. The molecule has 2 aromatic carbocycles. The van der Waals surface area contributed by atoms with E-state index in [0.717, 1.165) is 24.2 Å². The second-order valence-electron chi connectivity index (χ2n) is 7.83. The number of anilines is 1. The van der Waals surface area contributed by atoms with Gasteiger partial charge in [0.1, 0.15) is 11.5 Å². The van der Waals surface area contributed by atoms with Crippen molar-refractivity contribution in [2.24, 2.45) is 0 Å². The maximum atomic E-state index is 12.5. The fourth-order valence-electron chi connectivity index (χ4n) is 3.64. The van der Waals surface area contributed by atoms with Crippen LogP contribution < -0.4 is 14.8 Å². The molecule has 2 amide bonds. The third kappa shape index (κ3) is 5.75. The molecule has 30 heavy (non-hydrogen) atoms. The number of ether oxygens (including phenoxy) is 2. The molecule has 1 aliphatic rings. The molecule has 0 aliphatic heterocycles. The van der Waals surface area contributed by atoms with Crippen LogP contribution in [0.25, 0.3) is 0 Å². The molecule has 3 rings (SSSR count). The summed E-state index contributed by atoms with van der Waals surface area (Å²) in [6.07, 6.45) is 5.93. The van der Waals surface area contributed by atoms with Crippen LogP contribution in [0.4, 0.5) is 5.69 Å². The van der Waals surface area contributed by atoms with Crippen molar-refractivity contribution in [1.29, 1.82) is 0 Å². The average Bonchev–Trinajstić information content (AvgIpc) is 3.25. The molecular formula is C24H30N2O4. The van der Waals surface area contributed by atoms with Crippen molar-refractivity contribution < 1.29 is 19.1 Å². The number of methoxy groups -OCH3 is 1. The molecule has 6 heteroatoms. The molecule has 0 aromatic heterocycles. The molecule has 2 aromatic rings. The van der Waals surface area contributed by atoms with Gasteiger partial charge in [0.25, 0.3) is 5.91 Å². The van der Waals surface area contributed by atoms with Crippen molar-refractivity contribution >= 4 is 17.5 Å². The molecule has 1 aliphatic carbocycles. The molecular weight excluding hydrogens is 380 g/mol. The largest absolute Gasteiger partial charge is 0.495 e. The Morgan fingerprint density at radius 2 is 1.87 bits per heavy atom. The Bertz CT molecular complexity index is 889. The van der Waals surface area contributed by atoms with Crippen LogP contribution >= 0.6 is 0 Å². The Morgan fingerprint density at radius 1 is 1.10 bits per heavy atom. The number of benzene rings is 2. The number of hydrogen-bond acceptors (Lipinski definition) is 4. The van der Waals surface area contributed by atoms with Gasteiger partial charge in [0.2, 0.25) is 5.91 Å². The quantitative estimate of drug-likeness (QED) is 0.705. The van der Waals surface area contributed by atoms with Crippen LogP contribution in [0.5, 0.6) is 11.5 Å². The highest BCUT2D eigenvalue weighted by Gasteiger charge is 2.17. The molecule has 1 N–H and O–H groups in total. The summed E-state index contributed by atoms with van der Waals surface area (Å²) in [5, 5.41) is 2.87. The summed E-state index contributed by atoms with van der Waals surface area (Å²) in [4.78, 5) is 26.2. The van der Waals surface area contributed by atoms with E-state index < -0.39 is 0 Å². The van der Waals surface area contributed by atoms with E-state index in [9.17, 15) is 9.59 Å². The fourth-order valence-corrected chi connectivity index (χ4v) is 3.64. The lowest BCUT2D eigenvalue weighted by Crippen LogP contribution is -2.22. The van der Waals surface area contributed by atoms with E-state index >= 15 is 0 Å². The molecule has 0 heterocycles. The molecule has 0 spiro atoms. The van der Waals surface area contributed by atoms with Gasteiger partial charge in [-0.15, -0.1) is 0 Å². The summed E-state index contributed by atoms with van der Waals surface area (Å²) >= 11 is 0. The van der Waals surface area contributed by atoms with Gasteiger partial charge < -0.3 is 19.7 Å². The molecule has 1 saturated carbocycles. The summed E-state index contributed by atoms with van der Waals surface area (Å²) in [6, 6.07) is 13.0. The first-order chi connectivity index (χ1) is 14.5. The molecule has 0 unspecified atom stereocenters. The van der Waals surface area contributed by atoms with Crippen LogP contribution in [0.3, 0.4) is 0 Å². The van der Waals surface area contributed by atoms with Crippen molar-refractivity contribution in [2.75, 3.05) is 26.5 Å². The Hall–Kier alpha value is -3.02. The number of carbonyl (C=O) groups excluding carboxylic acids is 2. The van der Waals surface area contributed by atoms with Crippen LogP contribution in [0.2, 0.25) is 0 Å². The van der Waals surface area contributed by atoms with Gasteiger partial charge >= 0.3 is 0 Å². The summed E-state index contributed by atoms with van der Waals surface area (Å²) in [7, 11) is 4.92. The predicted octanol–water partition coefficient (Wildman–Crippen LogP) is 4.29. The monoisotopic (exact) mass is 410 g/mol. The van der Waals surface area contributed by atoms with Gasteiger partial charge in [0, 0.05) is 26.1 Å². The smallest absolute Gasteiger partial charge is 0.253 e. The van der Waals surface area contributed by atoms with Gasteiger partial charge in [-0.05, 0) is 68.0 Å². The van der Waals surface area contributed by atoms with E-state index in [-0.39, 0.29) is 11.8 Å². The minimum Gasteiger partial charge on any atom is -0.495 e. The first-order valence-electron chi connectivity index (χ1n) is 10.4. The SMILES string of the molecule is COc1ccc(C(=O)N(C)C)cc1NC(=O)CCc1cccc(OC2CCCC2)c1. The van der Waals surface area contributed by atoms with Crippen molar-refractivity contribution in [3.8, 4) is 11.5 Å². The molecule has 160 valence electrons. The van der Waals surface area contributed by atoms with E-state index in [4.69, 9.17) is 9.47 Å².